The van der Waals surface area contributed by atoms with Crippen LogP contribution >= 0.6 is 11.8 Å². The molecule has 0 amide bonds. The third-order valence-corrected chi connectivity index (χ3v) is 3.91. The van der Waals surface area contributed by atoms with Gasteiger partial charge in [0.25, 0.3) is 5.56 Å². The molecule has 144 valence electrons. The van der Waals surface area contributed by atoms with Crippen molar-refractivity contribution in [2.24, 2.45) is 0 Å². The van der Waals surface area contributed by atoms with E-state index in [1.54, 1.807) is 0 Å². The highest BCUT2D eigenvalue weighted by Crippen LogP contribution is 2.33. The lowest BCUT2D eigenvalue weighted by molar-refractivity contribution is -0.158. The molecule has 0 saturated carbocycles. The summed E-state index contributed by atoms with van der Waals surface area (Å²) < 4.78 is 22.9. The number of aromatic nitrogens is 2. The van der Waals surface area contributed by atoms with E-state index in [9.17, 15) is 19.2 Å². The minimum atomic E-state index is -0.976. The largest absolute Gasteiger partial charge is 0.463 e. The fraction of sp³-hybridized carbons (Fsp3) is 0.600. The molecule has 2 heterocycles. The van der Waals surface area contributed by atoms with Crippen LogP contribution in [0.15, 0.2) is 21.9 Å². The number of nitrogens with one attached hydrogen (secondary N) is 1. The standard InChI is InChI=1S/C15H20N2O8S/c1-8(18)22-6-10-12(24-9(2)19)13(23-7-26-3)14(25-10)17-5-4-11(20)16-15(17)21/h4-5,10,12-14H,6-7H2,1-3H3,(H,16,20,21)/t10-,12-,13-,14-/m1/s1. The molecule has 0 radical (unpaired) electrons. The molecule has 1 aromatic heterocycles. The molecule has 0 aromatic carbocycles. The second-order valence-electron chi connectivity index (χ2n) is 5.50. The van der Waals surface area contributed by atoms with E-state index in [-0.39, 0.29) is 12.5 Å². The SMILES string of the molecule is CSCO[C@@H]1[C@H](OC(C)=O)[C@@H](COC(C)=O)O[C@H]1n1ccc(=O)[nH]c1=O. The van der Waals surface area contributed by atoms with E-state index >= 15 is 0 Å². The molecular formula is C15H20N2O8S. The predicted octanol–water partition coefficient (Wildman–Crippen LogP) is -0.365. The molecule has 1 N–H and O–H groups in total. The molecule has 10 nitrogen and oxygen atoms in total. The summed E-state index contributed by atoms with van der Waals surface area (Å²) in [5, 5.41) is 0. The highest BCUT2D eigenvalue weighted by atomic mass is 32.2. The molecule has 0 unspecified atom stereocenters. The lowest BCUT2D eigenvalue weighted by Crippen LogP contribution is -2.41. The molecule has 1 aromatic rings. The molecule has 1 saturated heterocycles. The molecular weight excluding hydrogens is 368 g/mol. The van der Waals surface area contributed by atoms with Gasteiger partial charge in [0.05, 0.1) is 5.94 Å². The van der Waals surface area contributed by atoms with Crippen LogP contribution in [-0.2, 0) is 28.5 Å². The Bertz CT molecular complexity index is 761. The van der Waals surface area contributed by atoms with Gasteiger partial charge in [-0.3, -0.25) is 23.9 Å². The maximum absolute atomic E-state index is 12.1. The highest BCUT2D eigenvalue weighted by Gasteiger charge is 2.49. The van der Waals surface area contributed by atoms with Crippen molar-refractivity contribution in [3.05, 3.63) is 33.1 Å². The number of aromatic amines is 1. The Kier molecular flexibility index (Phi) is 7.00. The second-order valence-corrected chi connectivity index (χ2v) is 6.31. The van der Waals surface area contributed by atoms with Gasteiger partial charge in [-0.15, -0.1) is 11.8 Å². The lowest BCUT2D eigenvalue weighted by atomic mass is 10.1. The van der Waals surface area contributed by atoms with Crippen LogP contribution in [0.3, 0.4) is 0 Å². The molecule has 2 rings (SSSR count). The Morgan fingerprint density at radius 2 is 2.00 bits per heavy atom. The molecule has 1 aliphatic heterocycles. The summed E-state index contributed by atoms with van der Waals surface area (Å²) in [6.07, 6.45) is -0.470. The average molecular weight is 388 g/mol. The van der Waals surface area contributed by atoms with Gasteiger partial charge < -0.3 is 18.9 Å². The zero-order valence-corrected chi connectivity index (χ0v) is 15.3. The summed E-state index contributed by atoms with van der Waals surface area (Å²) in [6, 6.07) is 1.16. The number of H-pyrrole nitrogens is 1. The molecule has 0 spiro atoms. The van der Waals surface area contributed by atoms with Crippen LogP contribution in [0.5, 0.6) is 0 Å². The Morgan fingerprint density at radius 1 is 1.27 bits per heavy atom. The van der Waals surface area contributed by atoms with E-state index in [2.05, 4.69) is 4.98 Å². The minimum absolute atomic E-state index is 0.180. The van der Waals surface area contributed by atoms with Crippen molar-refractivity contribution in [1.29, 1.82) is 0 Å². The van der Waals surface area contributed by atoms with Gasteiger partial charge in [0.1, 0.15) is 18.8 Å². The molecule has 1 fully saturated rings. The van der Waals surface area contributed by atoms with E-state index in [1.807, 2.05) is 6.26 Å². The third-order valence-electron chi connectivity index (χ3n) is 3.54. The van der Waals surface area contributed by atoms with Gasteiger partial charge in [-0.1, -0.05) is 0 Å². The summed E-state index contributed by atoms with van der Waals surface area (Å²) in [4.78, 5) is 48.2. The number of carbonyl (C=O) groups excluding carboxylic acids is 2. The molecule has 11 heteroatoms. The van der Waals surface area contributed by atoms with Gasteiger partial charge in [-0.25, -0.2) is 4.79 Å². The zero-order valence-electron chi connectivity index (χ0n) is 14.5. The first kappa shape index (κ1) is 20.2. The van der Waals surface area contributed by atoms with Crippen LogP contribution in [0.25, 0.3) is 0 Å². The van der Waals surface area contributed by atoms with Crippen molar-refractivity contribution in [3.8, 4) is 0 Å². The first-order valence-corrected chi connectivity index (χ1v) is 9.11. The smallest absolute Gasteiger partial charge is 0.330 e. The first-order valence-electron chi connectivity index (χ1n) is 7.71. The Labute approximate surface area is 152 Å². The van der Waals surface area contributed by atoms with Gasteiger partial charge in [-0.05, 0) is 6.26 Å². The van der Waals surface area contributed by atoms with E-state index in [4.69, 9.17) is 18.9 Å². The molecule has 0 bridgehead atoms. The van der Waals surface area contributed by atoms with Crippen molar-refractivity contribution < 1.29 is 28.5 Å². The van der Waals surface area contributed by atoms with Crippen LogP contribution in [0, 0.1) is 0 Å². The summed E-state index contributed by atoms with van der Waals surface area (Å²) in [5.41, 5.74) is -1.26. The van der Waals surface area contributed by atoms with Crippen LogP contribution in [0.2, 0.25) is 0 Å². The number of nitrogens with zero attached hydrogens (tertiary/aromatic N) is 1. The monoisotopic (exact) mass is 388 g/mol. The van der Waals surface area contributed by atoms with Gasteiger partial charge in [0, 0.05) is 26.1 Å². The van der Waals surface area contributed by atoms with Crippen molar-refractivity contribution in [3.63, 3.8) is 0 Å². The maximum Gasteiger partial charge on any atom is 0.330 e. The molecule has 1 aliphatic rings. The van der Waals surface area contributed by atoms with Crippen molar-refractivity contribution in [2.45, 2.75) is 38.4 Å². The quantitative estimate of drug-likeness (QED) is 0.492. The number of thioether (sulfide) groups is 1. The molecule has 4 atom stereocenters. The van der Waals surface area contributed by atoms with Gasteiger partial charge in [-0.2, -0.15) is 0 Å². The van der Waals surface area contributed by atoms with E-state index < -0.39 is 47.7 Å². The van der Waals surface area contributed by atoms with Crippen LogP contribution in [-0.4, -0.2) is 58.6 Å². The minimum Gasteiger partial charge on any atom is -0.463 e. The highest BCUT2D eigenvalue weighted by molar-refractivity contribution is 7.98. The van der Waals surface area contributed by atoms with E-state index in [0.717, 1.165) is 10.6 Å². The van der Waals surface area contributed by atoms with E-state index in [1.165, 1.54) is 31.8 Å². The summed E-state index contributed by atoms with van der Waals surface area (Å²) in [5.74, 6) is -0.846. The number of rotatable bonds is 7. The van der Waals surface area contributed by atoms with Gasteiger partial charge >= 0.3 is 17.6 Å². The number of ether oxygens (including phenoxy) is 4. The second kappa shape index (κ2) is 9.01. The van der Waals surface area contributed by atoms with Crippen LogP contribution < -0.4 is 11.2 Å². The van der Waals surface area contributed by atoms with Crippen LogP contribution in [0.4, 0.5) is 0 Å². The fourth-order valence-electron chi connectivity index (χ4n) is 2.55. The Morgan fingerprint density at radius 3 is 2.58 bits per heavy atom. The number of hydrogen-bond acceptors (Lipinski definition) is 9. The average Bonchev–Trinajstić information content (AvgIpc) is 2.87. The predicted molar refractivity (Wildman–Crippen MR) is 90.7 cm³/mol. The third kappa shape index (κ3) is 4.96. The normalized spacial score (nSPS) is 25.0. The van der Waals surface area contributed by atoms with E-state index in [0.29, 0.717) is 0 Å². The Balaban J connectivity index is 2.36. The summed E-state index contributed by atoms with van der Waals surface area (Å²) in [6.45, 7) is 2.29. The topological polar surface area (TPSA) is 126 Å². The number of esters is 2. The zero-order chi connectivity index (χ0) is 19.3. The van der Waals surface area contributed by atoms with Crippen molar-refractivity contribution in [2.75, 3.05) is 18.8 Å². The van der Waals surface area contributed by atoms with Crippen LogP contribution in [0.1, 0.15) is 20.1 Å². The summed E-state index contributed by atoms with van der Waals surface area (Å²) in [7, 11) is 0. The van der Waals surface area contributed by atoms with Crippen molar-refractivity contribution >= 4 is 23.7 Å². The van der Waals surface area contributed by atoms with Crippen molar-refractivity contribution in [1.82, 2.24) is 9.55 Å². The fourth-order valence-corrected chi connectivity index (χ4v) is 2.84. The number of hydrogen-bond donors (Lipinski definition) is 1. The first-order chi connectivity index (χ1) is 12.3. The summed E-state index contributed by atoms with van der Waals surface area (Å²) >= 11 is 1.38. The molecule has 26 heavy (non-hydrogen) atoms. The molecule has 0 aliphatic carbocycles. The van der Waals surface area contributed by atoms with Gasteiger partial charge in [0.2, 0.25) is 0 Å². The van der Waals surface area contributed by atoms with Gasteiger partial charge in [0.15, 0.2) is 12.3 Å². The Hall–Kier alpha value is -2.11. The maximum atomic E-state index is 12.1. The number of carbonyl (C=O) groups is 2. The lowest BCUT2D eigenvalue weighted by Gasteiger charge is -2.24.